The Morgan fingerprint density at radius 1 is 0.450 bits per heavy atom. The van der Waals surface area contributed by atoms with Crippen LogP contribution in [0, 0.1) is 0 Å². The molecule has 0 spiro atoms. The molecule has 0 N–H and O–H groups in total. The molecule has 1 aliphatic rings. The number of benzene rings is 7. The minimum absolute atomic E-state index is 0.00975. The molecule has 1 heteroatoms. The van der Waals surface area contributed by atoms with Crippen molar-refractivity contribution in [3.05, 3.63) is 187 Å². The molecule has 2 heterocycles. The number of nitrogens with zero attached hydrogens (tertiary/aromatic N) is 1. The average molecular weight is 781 g/mol. The van der Waals surface area contributed by atoms with E-state index in [-0.39, 0.29) is 11.0 Å². The Balaban J connectivity index is 1.16. The molecule has 0 aliphatic carbocycles. The lowest BCUT2D eigenvalue weighted by Gasteiger charge is -2.48. The fraction of sp³-hybridized carbons (Fsp3) is 0.237. The van der Waals surface area contributed by atoms with Gasteiger partial charge in [0.25, 0.3) is 0 Å². The van der Waals surface area contributed by atoms with Crippen LogP contribution in [0.1, 0.15) is 84.3 Å². The number of rotatable bonds is 12. The van der Waals surface area contributed by atoms with Gasteiger partial charge in [0.05, 0.1) is 16.4 Å². The van der Waals surface area contributed by atoms with E-state index in [9.17, 15) is 0 Å². The van der Waals surface area contributed by atoms with Gasteiger partial charge in [-0.15, -0.1) is 0 Å². The van der Waals surface area contributed by atoms with Crippen LogP contribution >= 0.6 is 0 Å². The van der Waals surface area contributed by atoms with Gasteiger partial charge in [0.15, 0.2) is 11.7 Å². The van der Waals surface area contributed by atoms with Gasteiger partial charge in [-0.05, 0) is 147 Å². The van der Waals surface area contributed by atoms with Gasteiger partial charge < -0.3 is 0 Å². The standard InChI is InChI=1S/C59H58N/c1-6-10-18-42-27-29-44(30-28-42)46-22-16-24-48(36-46)52-38-51(43-19-12-11-13-20-43)39-53(40-52)49-25-17-23-47(37-49)50-31-32-56-55(41-50)57-54-26-15-14-21-45(54)33-35-60(57)59(9-4,34-7-2)58(56,5)8-3/h11-17,19-33,35-41H,6-10,18,34H2,1-5H3/q+1. The van der Waals surface area contributed by atoms with Crippen molar-refractivity contribution >= 4 is 10.8 Å². The number of fused-ring (bicyclic) bond motifs is 5. The van der Waals surface area contributed by atoms with E-state index in [1.54, 1.807) is 0 Å². The Bertz CT molecular complexity index is 2790. The third-order valence-corrected chi connectivity index (χ3v) is 14.0. The summed E-state index contributed by atoms with van der Waals surface area (Å²) < 4.78 is 2.69. The zero-order valence-electron chi connectivity index (χ0n) is 36.1. The lowest BCUT2D eigenvalue weighted by Crippen LogP contribution is -2.69. The van der Waals surface area contributed by atoms with Gasteiger partial charge in [-0.3, -0.25) is 0 Å². The van der Waals surface area contributed by atoms with Crippen LogP contribution < -0.4 is 4.57 Å². The Kier molecular flexibility index (Phi) is 10.9. The second kappa shape index (κ2) is 16.5. The molecule has 1 aliphatic heterocycles. The van der Waals surface area contributed by atoms with Crippen LogP contribution in [0.3, 0.4) is 0 Å². The second-order valence-corrected chi connectivity index (χ2v) is 17.3. The first-order valence-electron chi connectivity index (χ1n) is 22.5. The molecule has 8 aromatic rings. The van der Waals surface area contributed by atoms with E-state index >= 15 is 0 Å². The van der Waals surface area contributed by atoms with E-state index in [1.165, 1.54) is 102 Å². The average Bonchev–Trinajstić information content (AvgIpc) is 3.32. The van der Waals surface area contributed by atoms with Gasteiger partial charge in [0.1, 0.15) is 0 Å². The predicted molar refractivity (Wildman–Crippen MR) is 256 cm³/mol. The molecule has 2 atom stereocenters. The maximum Gasteiger partial charge on any atom is 0.221 e. The second-order valence-electron chi connectivity index (χ2n) is 17.3. The molecule has 0 radical (unpaired) electrons. The smallest absolute Gasteiger partial charge is 0.191 e. The highest BCUT2D eigenvalue weighted by Gasteiger charge is 2.59. The molecule has 1 aromatic heterocycles. The molecule has 60 heavy (non-hydrogen) atoms. The summed E-state index contributed by atoms with van der Waals surface area (Å²) in [6.07, 6.45) is 10.4. The van der Waals surface area contributed by atoms with E-state index in [4.69, 9.17) is 0 Å². The summed E-state index contributed by atoms with van der Waals surface area (Å²) in [6.45, 7) is 11.9. The monoisotopic (exact) mass is 780 g/mol. The molecule has 0 saturated carbocycles. The molecule has 9 rings (SSSR count). The van der Waals surface area contributed by atoms with Crippen molar-refractivity contribution in [1.82, 2.24) is 0 Å². The molecular weight excluding hydrogens is 723 g/mol. The Morgan fingerprint density at radius 2 is 0.983 bits per heavy atom. The summed E-state index contributed by atoms with van der Waals surface area (Å²) in [7, 11) is 0. The van der Waals surface area contributed by atoms with Gasteiger partial charge in [-0.2, -0.15) is 4.57 Å². The maximum atomic E-state index is 2.69. The van der Waals surface area contributed by atoms with E-state index in [0.717, 1.165) is 32.1 Å². The first kappa shape index (κ1) is 39.4. The van der Waals surface area contributed by atoms with E-state index in [0.29, 0.717) is 0 Å². The summed E-state index contributed by atoms with van der Waals surface area (Å²) >= 11 is 0. The molecule has 2 unspecified atom stereocenters. The highest BCUT2D eigenvalue weighted by atomic mass is 15.1. The van der Waals surface area contributed by atoms with Crippen LogP contribution in [-0.4, -0.2) is 0 Å². The van der Waals surface area contributed by atoms with Crippen molar-refractivity contribution in [3.8, 4) is 66.9 Å². The van der Waals surface area contributed by atoms with Crippen molar-refractivity contribution < 1.29 is 4.57 Å². The first-order valence-corrected chi connectivity index (χ1v) is 22.5. The summed E-state index contributed by atoms with van der Waals surface area (Å²) in [5.41, 5.74) is 17.9. The zero-order chi connectivity index (χ0) is 41.3. The van der Waals surface area contributed by atoms with Gasteiger partial charge in [0.2, 0.25) is 5.69 Å². The fourth-order valence-corrected chi connectivity index (χ4v) is 10.6. The Labute approximate surface area is 358 Å². The number of hydrogen-bond donors (Lipinski definition) is 0. The van der Waals surface area contributed by atoms with Crippen molar-refractivity contribution in [2.75, 3.05) is 0 Å². The lowest BCUT2D eigenvalue weighted by atomic mass is 9.58. The summed E-state index contributed by atoms with van der Waals surface area (Å²) in [5, 5.41) is 2.63. The third-order valence-electron chi connectivity index (χ3n) is 14.0. The molecule has 0 bridgehead atoms. The lowest BCUT2D eigenvalue weighted by molar-refractivity contribution is -0.769. The molecular formula is C59H58N+. The molecule has 0 fully saturated rings. The number of unbranched alkanes of at least 4 members (excludes halogenated alkanes) is 1. The van der Waals surface area contributed by atoms with E-state index in [2.05, 4.69) is 215 Å². The number of pyridine rings is 1. The normalized spacial score (nSPS) is 17.0. The largest absolute Gasteiger partial charge is 0.221 e. The summed E-state index contributed by atoms with van der Waals surface area (Å²) in [4.78, 5) is 0. The van der Waals surface area contributed by atoms with Crippen LogP contribution in [-0.2, 0) is 17.4 Å². The SMILES string of the molecule is CCCCc1ccc(-c2cccc(-c3cc(-c4ccccc4)cc(-c4cccc(-c5ccc6c(c5)-c5c7ccccc7cc[n+]5C(CC)(CCC)C6(C)CC)c4)c3)c2)cc1. The number of aryl methyl sites for hydroxylation is 1. The Hall–Kier alpha value is -6.05. The molecule has 7 aromatic carbocycles. The summed E-state index contributed by atoms with van der Waals surface area (Å²) in [5.74, 6) is 0. The molecule has 1 nitrogen and oxygen atoms in total. The number of hydrogen-bond acceptors (Lipinski definition) is 0. The topological polar surface area (TPSA) is 3.88 Å². The third kappa shape index (κ3) is 6.89. The van der Waals surface area contributed by atoms with Crippen LogP contribution in [0.25, 0.3) is 77.7 Å². The molecule has 0 saturated heterocycles. The zero-order valence-corrected chi connectivity index (χ0v) is 36.1. The van der Waals surface area contributed by atoms with Crippen molar-refractivity contribution in [3.63, 3.8) is 0 Å². The van der Waals surface area contributed by atoms with Gasteiger partial charge in [-0.25, -0.2) is 0 Å². The van der Waals surface area contributed by atoms with E-state index in [1.807, 2.05) is 0 Å². The predicted octanol–water partition coefficient (Wildman–Crippen LogP) is 16.1. The fourth-order valence-electron chi connectivity index (χ4n) is 10.6. The van der Waals surface area contributed by atoms with Gasteiger partial charge in [0, 0.05) is 18.9 Å². The number of aromatic nitrogens is 1. The van der Waals surface area contributed by atoms with Crippen LogP contribution in [0.4, 0.5) is 0 Å². The quantitative estimate of drug-likeness (QED) is 0.109. The summed E-state index contributed by atoms with van der Waals surface area (Å²) in [6, 6.07) is 64.1. The minimum atomic E-state index is -0.0166. The highest BCUT2D eigenvalue weighted by molar-refractivity contribution is 5.95. The van der Waals surface area contributed by atoms with Crippen molar-refractivity contribution in [2.45, 2.75) is 90.5 Å². The van der Waals surface area contributed by atoms with Crippen LogP contribution in [0.15, 0.2) is 176 Å². The molecule has 0 amide bonds. The first-order chi connectivity index (χ1) is 29.4. The van der Waals surface area contributed by atoms with Crippen molar-refractivity contribution in [2.24, 2.45) is 0 Å². The minimum Gasteiger partial charge on any atom is -0.191 e. The maximum absolute atomic E-state index is 2.69. The van der Waals surface area contributed by atoms with E-state index < -0.39 is 0 Å². The Morgan fingerprint density at radius 3 is 1.62 bits per heavy atom. The molecule has 298 valence electrons. The highest BCUT2D eigenvalue weighted by Crippen LogP contribution is 2.53. The van der Waals surface area contributed by atoms with Crippen LogP contribution in [0.5, 0.6) is 0 Å². The van der Waals surface area contributed by atoms with Gasteiger partial charge >= 0.3 is 0 Å². The van der Waals surface area contributed by atoms with Crippen LogP contribution in [0.2, 0.25) is 0 Å². The van der Waals surface area contributed by atoms with Gasteiger partial charge in [-0.1, -0.05) is 155 Å². The van der Waals surface area contributed by atoms with Crippen molar-refractivity contribution in [1.29, 1.82) is 0 Å².